The summed E-state index contributed by atoms with van der Waals surface area (Å²) in [4.78, 5) is 0. The van der Waals surface area contributed by atoms with Gasteiger partial charge in [0.1, 0.15) is 0 Å². The van der Waals surface area contributed by atoms with Crippen LogP contribution in [0.4, 0.5) is 0 Å². The van der Waals surface area contributed by atoms with Gasteiger partial charge in [-0.3, -0.25) is 0 Å². The molecular formula is C12H27N3O2S. The summed E-state index contributed by atoms with van der Waals surface area (Å²) in [6.45, 7) is 6.09. The number of rotatable bonds is 10. The highest BCUT2D eigenvalue weighted by Gasteiger charge is 2.20. The largest absolute Gasteiger partial charge is 0.314 e. The Morgan fingerprint density at radius 2 is 2.06 bits per heavy atom. The van der Waals surface area contributed by atoms with E-state index in [1.165, 1.54) is 17.1 Å². The van der Waals surface area contributed by atoms with E-state index in [1.54, 1.807) is 7.05 Å². The quantitative estimate of drug-likeness (QED) is 0.584. The van der Waals surface area contributed by atoms with Gasteiger partial charge in [0, 0.05) is 26.2 Å². The Labute approximate surface area is 112 Å². The maximum absolute atomic E-state index is 11.9. The van der Waals surface area contributed by atoms with Crippen LogP contribution >= 0.6 is 0 Å². The fraction of sp³-hybridized carbons (Fsp3) is 1.00. The van der Waals surface area contributed by atoms with Crippen LogP contribution in [0, 0.1) is 5.92 Å². The van der Waals surface area contributed by atoms with Crippen molar-refractivity contribution in [2.75, 3.05) is 26.7 Å². The number of nitrogens with one attached hydrogen (secondary N) is 2. The van der Waals surface area contributed by atoms with E-state index in [-0.39, 0.29) is 0 Å². The molecule has 6 heteroatoms. The van der Waals surface area contributed by atoms with Crippen LogP contribution in [0.1, 0.15) is 39.5 Å². The molecule has 108 valence electrons. The predicted octanol–water partition coefficient (Wildman–Crippen LogP) is 0.941. The summed E-state index contributed by atoms with van der Waals surface area (Å²) in [6, 6.07) is 0.690. The molecule has 1 fully saturated rings. The Bertz CT molecular complexity index is 328. The van der Waals surface area contributed by atoms with Gasteiger partial charge in [0.25, 0.3) is 10.2 Å². The van der Waals surface area contributed by atoms with Gasteiger partial charge in [0.15, 0.2) is 0 Å². The molecule has 0 amide bonds. The van der Waals surface area contributed by atoms with Gasteiger partial charge in [0.05, 0.1) is 0 Å². The predicted molar refractivity (Wildman–Crippen MR) is 74.6 cm³/mol. The van der Waals surface area contributed by atoms with Gasteiger partial charge in [-0.1, -0.05) is 20.3 Å². The van der Waals surface area contributed by atoms with Crippen molar-refractivity contribution in [1.82, 2.24) is 14.3 Å². The van der Waals surface area contributed by atoms with Crippen molar-refractivity contribution in [3.05, 3.63) is 0 Å². The van der Waals surface area contributed by atoms with E-state index in [2.05, 4.69) is 17.0 Å². The van der Waals surface area contributed by atoms with E-state index in [9.17, 15) is 8.42 Å². The van der Waals surface area contributed by atoms with E-state index in [0.29, 0.717) is 25.0 Å². The van der Waals surface area contributed by atoms with Crippen LogP contribution in [0.25, 0.3) is 0 Å². The molecule has 1 saturated carbocycles. The third-order valence-electron chi connectivity index (χ3n) is 3.38. The van der Waals surface area contributed by atoms with Crippen LogP contribution < -0.4 is 10.0 Å². The van der Waals surface area contributed by atoms with Crippen molar-refractivity contribution >= 4 is 10.2 Å². The molecule has 2 N–H and O–H groups in total. The molecule has 0 heterocycles. The molecule has 1 unspecified atom stereocenters. The molecule has 1 aliphatic carbocycles. The molecule has 18 heavy (non-hydrogen) atoms. The summed E-state index contributed by atoms with van der Waals surface area (Å²) in [5, 5.41) is 3.38. The second-order valence-corrected chi connectivity index (χ2v) is 7.13. The molecule has 1 aliphatic rings. The lowest BCUT2D eigenvalue weighted by Crippen LogP contribution is -2.41. The molecule has 0 aromatic heterocycles. The van der Waals surface area contributed by atoms with Crippen molar-refractivity contribution in [2.24, 2.45) is 5.92 Å². The van der Waals surface area contributed by atoms with Crippen LogP contribution in [0.15, 0.2) is 0 Å². The molecule has 0 aliphatic heterocycles. The maximum atomic E-state index is 11.9. The van der Waals surface area contributed by atoms with Gasteiger partial charge < -0.3 is 5.32 Å². The minimum Gasteiger partial charge on any atom is -0.314 e. The molecule has 1 rings (SSSR count). The van der Waals surface area contributed by atoms with Gasteiger partial charge >= 0.3 is 0 Å². The zero-order valence-electron chi connectivity index (χ0n) is 11.8. The number of hydrogen-bond donors (Lipinski definition) is 2. The molecule has 0 aromatic carbocycles. The smallest absolute Gasteiger partial charge is 0.279 e. The van der Waals surface area contributed by atoms with Crippen molar-refractivity contribution in [3.63, 3.8) is 0 Å². The van der Waals surface area contributed by atoms with E-state index in [4.69, 9.17) is 0 Å². The van der Waals surface area contributed by atoms with E-state index in [0.717, 1.165) is 19.4 Å². The van der Waals surface area contributed by atoms with Crippen molar-refractivity contribution in [2.45, 2.75) is 45.6 Å². The summed E-state index contributed by atoms with van der Waals surface area (Å²) in [5.41, 5.74) is 0. The lowest BCUT2D eigenvalue weighted by Gasteiger charge is -2.19. The number of hydrogen-bond acceptors (Lipinski definition) is 3. The van der Waals surface area contributed by atoms with Gasteiger partial charge in [0.2, 0.25) is 0 Å². The van der Waals surface area contributed by atoms with E-state index < -0.39 is 10.2 Å². The van der Waals surface area contributed by atoms with Gasteiger partial charge in [-0.25, -0.2) is 4.72 Å². The first kappa shape index (κ1) is 15.9. The molecule has 0 saturated heterocycles. The fourth-order valence-corrected chi connectivity index (χ4v) is 2.60. The van der Waals surface area contributed by atoms with Crippen molar-refractivity contribution in [3.8, 4) is 0 Å². The molecule has 5 nitrogen and oxygen atoms in total. The summed E-state index contributed by atoms with van der Waals surface area (Å²) in [6.07, 6.45) is 4.38. The van der Waals surface area contributed by atoms with Crippen LogP contribution in [0.5, 0.6) is 0 Å². The second-order valence-electron chi connectivity index (χ2n) is 5.27. The van der Waals surface area contributed by atoms with Gasteiger partial charge in [-0.05, 0) is 31.7 Å². The Kier molecular flexibility index (Phi) is 6.55. The highest BCUT2D eigenvalue weighted by Crippen LogP contribution is 2.18. The van der Waals surface area contributed by atoms with Crippen LogP contribution in [0.2, 0.25) is 0 Å². The molecule has 1 atom stereocenters. The van der Waals surface area contributed by atoms with E-state index >= 15 is 0 Å². The van der Waals surface area contributed by atoms with Crippen LogP contribution in [0.3, 0.4) is 0 Å². The molecule has 0 radical (unpaired) electrons. The normalized spacial score (nSPS) is 18.2. The monoisotopic (exact) mass is 277 g/mol. The van der Waals surface area contributed by atoms with Gasteiger partial charge in [-0.2, -0.15) is 12.7 Å². The first-order valence-corrected chi connectivity index (χ1v) is 8.34. The number of nitrogens with zero attached hydrogens (tertiary/aromatic N) is 1. The summed E-state index contributed by atoms with van der Waals surface area (Å²) in [5.74, 6) is 0.379. The fourth-order valence-electron chi connectivity index (χ4n) is 1.52. The molecule has 0 spiro atoms. The third kappa shape index (κ3) is 6.13. The van der Waals surface area contributed by atoms with Crippen molar-refractivity contribution < 1.29 is 8.42 Å². The van der Waals surface area contributed by atoms with Crippen LogP contribution in [-0.2, 0) is 10.2 Å². The topological polar surface area (TPSA) is 61.4 Å². The Morgan fingerprint density at radius 1 is 1.39 bits per heavy atom. The second kappa shape index (κ2) is 7.43. The summed E-state index contributed by atoms with van der Waals surface area (Å²) in [7, 11) is -1.66. The Morgan fingerprint density at radius 3 is 2.61 bits per heavy atom. The highest BCUT2D eigenvalue weighted by atomic mass is 32.2. The Balaban J connectivity index is 2.17. The minimum atomic E-state index is -3.29. The standard InChI is InChI=1S/C12H27N3O2S/c1-4-11(2)10-14-18(16,17)15(3)9-5-8-13-12-6-7-12/h11-14H,4-10H2,1-3H3. The van der Waals surface area contributed by atoms with Crippen LogP contribution in [-0.4, -0.2) is 45.4 Å². The van der Waals surface area contributed by atoms with E-state index in [1.807, 2.05) is 6.92 Å². The molecule has 0 bridgehead atoms. The zero-order chi connectivity index (χ0) is 13.6. The summed E-state index contributed by atoms with van der Waals surface area (Å²) < 4.78 is 27.8. The van der Waals surface area contributed by atoms with Gasteiger partial charge in [-0.15, -0.1) is 0 Å². The average Bonchev–Trinajstić information content (AvgIpc) is 3.15. The first-order valence-electron chi connectivity index (χ1n) is 6.90. The maximum Gasteiger partial charge on any atom is 0.279 e. The van der Waals surface area contributed by atoms with Crippen molar-refractivity contribution in [1.29, 1.82) is 0 Å². The first-order chi connectivity index (χ1) is 8.45. The molecule has 0 aromatic rings. The minimum absolute atomic E-state index is 0.379. The lowest BCUT2D eigenvalue weighted by atomic mass is 10.1. The lowest BCUT2D eigenvalue weighted by molar-refractivity contribution is 0.436. The SMILES string of the molecule is CCC(C)CNS(=O)(=O)N(C)CCCNC1CC1. The third-order valence-corrected chi connectivity index (χ3v) is 4.92. The highest BCUT2D eigenvalue weighted by molar-refractivity contribution is 7.87. The summed E-state index contributed by atoms with van der Waals surface area (Å²) >= 11 is 0. The Hall–Kier alpha value is -0.170. The zero-order valence-corrected chi connectivity index (χ0v) is 12.6. The average molecular weight is 277 g/mol. The molecular weight excluding hydrogens is 250 g/mol.